The van der Waals surface area contributed by atoms with Gasteiger partial charge in [0.2, 0.25) is 0 Å². The van der Waals surface area contributed by atoms with Crippen molar-refractivity contribution >= 4 is 17.5 Å². The van der Waals surface area contributed by atoms with E-state index >= 15 is 0 Å². The quantitative estimate of drug-likeness (QED) is 0.737. The van der Waals surface area contributed by atoms with Crippen molar-refractivity contribution in [3.63, 3.8) is 0 Å². The molecule has 1 aromatic heterocycles. The second-order valence-electron chi connectivity index (χ2n) is 4.71. The maximum atomic E-state index is 10.8. The fraction of sp³-hybridized carbons (Fsp3) is 0.500. The maximum Gasteiger partial charge on any atom is 0.337 e. The van der Waals surface area contributed by atoms with Gasteiger partial charge in [0, 0.05) is 18.8 Å². The summed E-state index contributed by atoms with van der Waals surface area (Å²) in [5, 5.41) is 12.1. The number of carboxylic acid groups (broad SMARTS) is 1. The molecule has 1 saturated heterocycles. The van der Waals surface area contributed by atoms with Gasteiger partial charge in [0.1, 0.15) is 5.82 Å². The van der Waals surface area contributed by atoms with E-state index in [0.29, 0.717) is 17.5 Å². The molecule has 18 heavy (non-hydrogen) atoms. The highest BCUT2D eigenvalue weighted by molar-refractivity contribution is 5.89. The largest absolute Gasteiger partial charge is 0.478 e. The van der Waals surface area contributed by atoms with Gasteiger partial charge in [-0.05, 0) is 32.5 Å². The van der Waals surface area contributed by atoms with Crippen LogP contribution in [0.4, 0.5) is 11.5 Å². The van der Waals surface area contributed by atoms with Crippen molar-refractivity contribution < 1.29 is 9.90 Å². The van der Waals surface area contributed by atoms with E-state index in [-0.39, 0.29) is 5.56 Å². The number of aromatic carboxylic acids is 1. The molecule has 0 radical (unpaired) electrons. The zero-order valence-corrected chi connectivity index (χ0v) is 10.4. The van der Waals surface area contributed by atoms with E-state index in [1.54, 1.807) is 0 Å². The van der Waals surface area contributed by atoms with Crippen molar-refractivity contribution in [2.45, 2.75) is 18.9 Å². The lowest BCUT2D eigenvalue weighted by Crippen LogP contribution is -2.40. The van der Waals surface area contributed by atoms with Crippen LogP contribution in [0.15, 0.2) is 12.3 Å². The molecule has 1 fully saturated rings. The number of nitrogen functional groups attached to an aromatic ring is 1. The molecular formula is C12H18N4O2. The molecule has 1 aromatic rings. The molecule has 0 aliphatic carbocycles. The van der Waals surface area contributed by atoms with Gasteiger partial charge < -0.3 is 21.1 Å². The number of hydrogen-bond acceptors (Lipinski definition) is 5. The van der Waals surface area contributed by atoms with Crippen molar-refractivity contribution in [3.8, 4) is 0 Å². The van der Waals surface area contributed by atoms with E-state index in [1.165, 1.54) is 12.3 Å². The van der Waals surface area contributed by atoms with E-state index in [4.69, 9.17) is 10.8 Å². The van der Waals surface area contributed by atoms with Crippen molar-refractivity contribution in [2.24, 2.45) is 0 Å². The van der Waals surface area contributed by atoms with Crippen molar-refractivity contribution in [1.82, 2.24) is 9.88 Å². The van der Waals surface area contributed by atoms with Gasteiger partial charge in [0.15, 0.2) is 0 Å². The highest BCUT2D eigenvalue weighted by atomic mass is 16.4. The third-order valence-electron chi connectivity index (χ3n) is 3.13. The van der Waals surface area contributed by atoms with Crippen LogP contribution in [0.1, 0.15) is 23.2 Å². The molecule has 1 unspecified atom stereocenters. The van der Waals surface area contributed by atoms with E-state index in [2.05, 4.69) is 22.2 Å². The lowest BCUT2D eigenvalue weighted by Gasteiger charge is -2.30. The smallest absolute Gasteiger partial charge is 0.337 e. The Balaban J connectivity index is 2.07. The van der Waals surface area contributed by atoms with Gasteiger partial charge in [-0.2, -0.15) is 0 Å². The van der Waals surface area contributed by atoms with Crippen molar-refractivity contribution in [3.05, 3.63) is 17.8 Å². The predicted octanol–water partition coefficient (Wildman–Crippen LogP) is 0.868. The lowest BCUT2D eigenvalue weighted by atomic mass is 10.1. The molecule has 0 bridgehead atoms. The van der Waals surface area contributed by atoms with Gasteiger partial charge in [-0.1, -0.05) is 0 Å². The molecule has 0 aromatic carbocycles. The Kier molecular flexibility index (Phi) is 3.66. The van der Waals surface area contributed by atoms with Crippen molar-refractivity contribution in [2.75, 3.05) is 31.2 Å². The summed E-state index contributed by atoms with van der Waals surface area (Å²) >= 11 is 0. The minimum Gasteiger partial charge on any atom is -0.478 e. The number of hydrogen-bond donors (Lipinski definition) is 3. The molecule has 1 aliphatic rings. The summed E-state index contributed by atoms with van der Waals surface area (Å²) in [5.74, 6) is -0.446. The number of rotatable bonds is 3. The number of nitrogens with zero attached hydrogens (tertiary/aromatic N) is 2. The third kappa shape index (κ3) is 2.89. The fourth-order valence-electron chi connectivity index (χ4n) is 2.20. The second-order valence-corrected chi connectivity index (χ2v) is 4.71. The summed E-state index contributed by atoms with van der Waals surface area (Å²) in [6.07, 6.45) is 3.54. The fourth-order valence-corrected chi connectivity index (χ4v) is 2.20. The predicted molar refractivity (Wildman–Crippen MR) is 69.8 cm³/mol. The molecule has 0 amide bonds. The Hall–Kier alpha value is -1.82. The number of aromatic nitrogens is 1. The number of nitrogens with two attached hydrogens (primary N) is 1. The average molecular weight is 250 g/mol. The van der Waals surface area contributed by atoms with Crippen LogP contribution in [-0.2, 0) is 0 Å². The number of nitrogens with one attached hydrogen (secondary N) is 1. The van der Waals surface area contributed by atoms with Crippen LogP contribution < -0.4 is 11.1 Å². The van der Waals surface area contributed by atoms with Gasteiger partial charge >= 0.3 is 5.97 Å². The van der Waals surface area contributed by atoms with Gasteiger partial charge in [-0.3, -0.25) is 0 Å². The number of likely N-dealkylation sites (N-methyl/N-ethyl adjacent to an activating group) is 1. The van der Waals surface area contributed by atoms with Gasteiger partial charge in [0.05, 0.1) is 11.3 Å². The van der Waals surface area contributed by atoms with Crippen LogP contribution in [0.25, 0.3) is 0 Å². The minimum absolute atomic E-state index is 0.110. The van der Waals surface area contributed by atoms with Crippen molar-refractivity contribution in [1.29, 1.82) is 0 Å². The Morgan fingerprint density at radius 1 is 1.67 bits per heavy atom. The summed E-state index contributed by atoms with van der Waals surface area (Å²) in [7, 11) is 2.08. The standard InChI is InChI=1S/C12H18N4O2/c1-16-4-2-3-9(7-16)15-11-10(13)5-8(6-14-11)12(17)18/h5-6,9H,2-4,7,13H2,1H3,(H,14,15)(H,17,18). The Labute approximate surface area is 106 Å². The van der Waals surface area contributed by atoms with Crippen LogP contribution in [0.3, 0.4) is 0 Å². The number of likely N-dealkylation sites (tertiary alicyclic amines) is 1. The van der Waals surface area contributed by atoms with Gasteiger partial charge in [0.25, 0.3) is 0 Å². The highest BCUT2D eigenvalue weighted by Gasteiger charge is 2.18. The minimum atomic E-state index is -1.02. The molecule has 1 aliphatic heterocycles. The molecule has 4 N–H and O–H groups in total. The lowest BCUT2D eigenvalue weighted by molar-refractivity contribution is 0.0696. The topological polar surface area (TPSA) is 91.5 Å². The molecule has 98 valence electrons. The van der Waals surface area contributed by atoms with Crippen LogP contribution in [-0.4, -0.2) is 47.1 Å². The van der Waals surface area contributed by atoms with Crippen LogP contribution in [0, 0.1) is 0 Å². The molecular weight excluding hydrogens is 232 g/mol. The number of anilines is 2. The second kappa shape index (κ2) is 5.22. The highest BCUT2D eigenvalue weighted by Crippen LogP contribution is 2.20. The monoisotopic (exact) mass is 250 g/mol. The molecule has 6 nitrogen and oxygen atoms in total. The third-order valence-corrected chi connectivity index (χ3v) is 3.13. The Bertz CT molecular complexity index is 450. The first-order valence-electron chi connectivity index (χ1n) is 6.00. The van der Waals surface area contributed by atoms with E-state index in [9.17, 15) is 4.79 Å². The van der Waals surface area contributed by atoms with E-state index < -0.39 is 5.97 Å². The first kappa shape index (κ1) is 12.6. The van der Waals surface area contributed by atoms with E-state index in [0.717, 1.165) is 25.9 Å². The first-order valence-corrected chi connectivity index (χ1v) is 6.00. The van der Waals surface area contributed by atoms with Crippen LogP contribution >= 0.6 is 0 Å². The number of carboxylic acids is 1. The normalized spacial score (nSPS) is 20.6. The molecule has 0 saturated carbocycles. The molecule has 2 heterocycles. The van der Waals surface area contributed by atoms with Crippen LogP contribution in [0.5, 0.6) is 0 Å². The van der Waals surface area contributed by atoms with Crippen LogP contribution in [0.2, 0.25) is 0 Å². The molecule has 0 spiro atoms. The summed E-state index contributed by atoms with van der Waals surface area (Å²) in [5.41, 5.74) is 6.30. The molecule has 6 heteroatoms. The summed E-state index contributed by atoms with van der Waals surface area (Å²) < 4.78 is 0. The first-order chi connectivity index (χ1) is 8.56. The maximum absolute atomic E-state index is 10.8. The van der Waals surface area contributed by atoms with E-state index in [1.807, 2.05) is 0 Å². The number of piperidine rings is 1. The Morgan fingerprint density at radius 3 is 3.06 bits per heavy atom. The number of pyridine rings is 1. The Morgan fingerprint density at radius 2 is 2.44 bits per heavy atom. The average Bonchev–Trinajstić information content (AvgIpc) is 2.31. The molecule has 1 atom stereocenters. The van der Waals surface area contributed by atoms with Gasteiger partial charge in [-0.15, -0.1) is 0 Å². The molecule has 2 rings (SSSR count). The SMILES string of the molecule is CN1CCCC(Nc2ncc(C(=O)O)cc2N)C1. The summed E-state index contributed by atoms with van der Waals surface area (Å²) in [4.78, 5) is 17.1. The summed E-state index contributed by atoms with van der Waals surface area (Å²) in [6, 6.07) is 1.75. The zero-order chi connectivity index (χ0) is 13.1. The summed E-state index contributed by atoms with van der Waals surface area (Å²) in [6.45, 7) is 2.06. The number of carbonyl (C=O) groups is 1. The zero-order valence-electron chi connectivity index (χ0n) is 10.4. The van der Waals surface area contributed by atoms with Gasteiger partial charge in [-0.25, -0.2) is 9.78 Å².